The lowest BCUT2D eigenvalue weighted by Gasteiger charge is -2.36. The highest BCUT2D eigenvalue weighted by atomic mass is 32.2. The maximum Gasteiger partial charge on any atom is 0.213 e. The molecule has 1 fully saturated rings. The molecule has 128 valence electrons. The summed E-state index contributed by atoms with van der Waals surface area (Å²) >= 11 is 0. The van der Waals surface area contributed by atoms with Crippen molar-refractivity contribution in [3.8, 4) is 5.75 Å². The minimum Gasteiger partial charge on any atom is -0.493 e. The van der Waals surface area contributed by atoms with Crippen molar-refractivity contribution in [2.24, 2.45) is 0 Å². The lowest BCUT2D eigenvalue weighted by Crippen LogP contribution is -2.45. The molecule has 0 amide bonds. The summed E-state index contributed by atoms with van der Waals surface area (Å²) in [5.41, 5.74) is 2.63. The van der Waals surface area contributed by atoms with E-state index in [2.05, 4.69) is 23.1 Å². The fourth-order valence-electron chi connectivity index (χ4n) is 3.47. The third kappa shape index (κ3) is 3.70. The minimum absolute atomic E-state index is 0.143. The average Bonchev–Trinajstić information content (AvgIpc) is 3.02. The SMILES string of the molecule is CCS(=O)(=O)N(C)C1CCN(Cc2ccc3c(c2)CCO3)CC1. The number of likely N-dealkylation sites (tertiary alicyclic amines) is 1. The van der Waals surface area contributed by atoms with E-state index in [1.54, 1.807) is 18.3 Å². The smallest absolute Gasteiger partial charge is 0.213 e. The van der Waals surface area contributed by atoms with E-state index in [0.29, 0.717) is 0 Å². The van der Waals surface area contributed by atoms with E-state index in [-0.39, 0.29) is 11.8 Å². The van der Waals surface area contributed by atoms with Gasteiger partial charge in [0.15, 0.2) is 0 Å². The highest BCUT2D eigenvalue weighted by molar-refractivity contribution is 7.89. The van der Waals surface area contributed by atoms with Crippen LogP contribution in [0.5, 0.6) is 5.75 Å². The second-order valence-electron chi connectivity index (χ2n) is 6.46. The van der Waals surface area contributed by atoms with Crippen LogP contribution in [0.2, 0.25) is 0 Å². The molecule has 5 nitrogen and oxygen atoms in total. The molecule has 0 bridgehead atoms. The quantitative estimate of drug-likeness (QED) is 0.822. The molecule has 3 rings (SSSR count). The summed E-state index contributed by atoms with van der Waals surface area (Å²) in [5.74, 6) is 1.21. The predicted molar refractivity (Wildman–Crippen MR) is 91.2 cm³/mol. The molecule has 0 saturated carbocycles. The van der Waals surface area contributed by atoms with Crippen LogP contribution in [-0.2, 0) is 23.0 Å². The number of hydrogen-bond donors (Lipinski definition) is 0. The molecule has 23 heavy (non-hydrogen) atoms. The molecular weight excluding hydrogens is 312 g/mol. The Bertz CT molecular complexity index is 652. The Morgan fingerprint density at radius 2 is 2.04 bits per heavy atom. The molecule has 2 heterocycles. The molecule has 2 aliphatic rings. The molecule has 6 heteroatoms. The molecule has 1 saturated heterocycles. The van der Waals surface area contributed by atoms with Crippen LogP contribution in [-0.4, -0.2) is 56.2 Å². The van der Waals surface area contributed by atoms with Gasteiger partial charge < -0.3 is 4.74 Å². The second-order valence-corrected chi connectivity index (χ2v) is 8.78. The van der Waals surface area contributed by atoms with Crippen molar-refractivity contribution in [1.82, 2.24) is 9.21 Å². The maximum absolute atomic E-state index is 12.0. The molecule has 1 aromatic rings. The summed E-state index contributed by atoms with van der Waals surface area (Å²) < 4.78 is 31.1. The van der Waals surface area contributed by atoms with Crippen LogP contribution in [0, 0.1) is 0 Å². The standard InChI is InChI=1S/C17H26N2O3S/c1-3-23(20,21)18(2)16-6-9-19(10-7-16)13-14-4-5-17-15(12-14)8-11-22-17/h4-5,12,16H,3,6-11,13H2,1-2H3. The Morgan fingerprint density at radius 1 is 1.30 bits per heavy atom. The normalized spacial score (nSPS) is 19.8. The Hall–Kier alpha value is -1.11. The molecule has 1 aromatic carbocycles. The fraction of sp³-hybridized carbons (Fsp3) is 0.647. The zero-order valence-electron chi connectivity index (χ0n) is 14.0. The second kappa shape index (κ2) is 6.79. The summed E-state index contributed by atoms with van der Waals surface area (Å²) in [4.78, 5) is 2.42. The molecule has 0 unspecified atom stereocenters. The number of benzene rings is 1. The molecule has 0 atom stereocenters. The van der Waals surface area contributed by atoms with E-state index in [1.165, 1.54) is 11.1 Å². The maximum atomic E-state index is 12.0. The van der Waals surface area contributed by atoms with E-state index in [4.69, 9.17) is 4.74 Å². The van der Waals surface area contributed by atoms with E-state index in [1.807, 2.05) is 0 Å². The van der Waals surface area contributed by atoms with Gasteiger partial charge in [0.25, 0.3) is 0 Å². The number of nitrogens with zero attached hydrogens (tertiary/aromatic N) is 2. The minimum atomic E-state index is -3.08. The number of sulfonamides is 1. The fourth-order valence-corrected chi connectivity index (χ4v) is 4.54. The number of rotatable bonds is 5. The third-order valence-corrected chi connectivity index (χ3v) is 6.94. The van der Waals surface area contributed by atoms with Gasteiger partial charge in [-0.2, -0.15) is 0 Å². The van der Waals surface area contributed by atoms with Gasteiger partial charge in [0.05, 0.1) is 12.4 Å². The van der Waals surface area contributed by atoms with Crippen LogP contribution in [0.4, 0.5) is 0 Å². The van der Waals surface area contributed by atoms with Crippen molar-refractivity contribution >= 4 is 10.0 Å². The third-order valence-electron chi connectivity index (χ3n) is 5.03. The van der Waals surface area contributed by atoms with Gasteiger partial charge in [-0.3, -0.25) is 4.90 Å². The van der Waals surface area contributed by atoms with Crippen molar-refractivity contribution < 1.29 is 13.2 Å². The Labute approximate surface area is 139 Å². The Morgan fingerprint density at radius 3 is 2.74 bits per heavy atom. The number of fused-ring (bicyclic) bond motifs is 1. The topological polar surface area (TPSA) is 49.9 Å². The van der Waals surface area contributed by atoms with Crippen LogP contribution in [0.3, 0.4) is 0 Å². The van der Waals surface area contributed by atoms with Gasteiger partial charge in [-0.1, -0.05) is 12.1 Å². The molecule has 0 N–H and O–H groups in total. The average molecular weight is 338 g/mol. The zero-order valence-corrected chi connectivity index (χ0v) is 14.8. The first kappa shape index (κ1) is 16.7. The molecular formula is C17H26N2O3S. The van der Waals surface area contributed by atoms with Crippen LogP contribution in [0.15, 0.2) is 18.2 Å². The number of hydrogen-bond acceptors (Lipinski definition) is 4. The largest absolute Gasteiger partial charge is 0.493 e. The van der Waals surface area contributed by atoms with Crippen molar-refractivity contribution in [3.63, 3.8) is 0 Å². The summed E-state index contributed by atoms with van der Waals surface area (Å²) in [7, 11) is -1.36. The highest BCUT2D eigenvalue weighted by Gasteiger charge is 2.28. The van der Waals surface area contributed by atoms with Gasteiger partial charge in [-0.15, -0.1) is 0 Å². The first-order chi connectivity index (χ1) is 11.0. The van der Waals surface area contributed by atoms with Crippen LogP contribution < -0.4 is 4.74 Å². The molecule has 0 radical (unpaired) electrons. The zero-order chi connectivity index (χ0) is 16.4. The van der Waals surface area contributed by atoms with Crippen molar-refractivity contribution in [3.05, 3.63) is 29.3 Å². The predicted octanol–water partition coefficient (Wildman–Crippen LogP) is 1.87. The lowest BCUT2D eigenvalue weighted by atomic mass is 10.0. The van der Waals surface area contributed by atoms with Crippen molar-refractivity contribution in [2.45, 2.75) is 38.8 Å². The van der Waals surface area contributed by atoms with Gasteiger partial charge >= 0.3 is 0 Å². The number of ether oxygens (including phenoxy) is 1. The molecule has 0 spiro atoms. The monoisotopic (exact) mass is 338 g/mol. The van der Waals surface area contributed by atoms with Gasteiger partial charge in [0.2, 0.25) is 10.0 Å². The molecule has 0 aromatic heterocycles. The number of piperidine rings is 1. The summed E-state index contributed by atoms with van der Waals surface area (Å²) in [5, 5.41) is 0. The van der Waals surface area contributed by atoms with Gasteiger partial charge in [-0.05, 0) is 37.0 Å². The van der Waals surface area contributed by atoms with E-state index < -0.39 is 10.0 Å². The lowest BCUT2D eigenvalue weighted by molar-refractivity contribution is 0.164. The van der Waals surface area contributed by atoms with Crippen molar-refractivity contribution in [1.29, 1.82) is 0 Å². The van der Waals surface area contributed by atoms with E-state index in [0.717, 1.165) is 51.3 Å². The first-order valence-electron chi connectivity index (χ1n) is 8.42. The highest BCUT2D eigenvalue weighted by Crippen LogP contribution is 2.27. The summed E-state index contributed by atoms with van der Waals surface area (Å²) in [6.07, 6.45) is 2.82. The molecule has 0 aliphatic carbocycles. The van der Waals surface area contributed by atoms with Crippen LogP contribution in [0.25, 0.3) is 0 Å². The van der Waals surface area contributed by atoms with Gasteiger partial charge in [0, 0.05) is 39.1 Å². The van der Waals surface area contributed by atoms with Crippen molar-refractivity contribution in [2.75, 3.05) is 32.5 Å². The Balaban J connectivity index is 1.55. The summed E-state index contributed by atoms with van der Waals surface area (Å²) in [6.45, 7) is 5.33. The summed E-state index contributed by atoms with van der Waals surface area (Å²) in [6, 6.07) is 6.61. The van der Waals surface area contributed by atoms with E-state index in [9.17, 15) is 8.42 Å². The van der Waals surface area contributed by atoms with Crippen LogP contribution >= 0.6 is 0 Å². The van der Waals surface area contributed by atoms with Gasteiger partial charge in [0.1, 0.15) is 5.75 Å². The Kier molecular flexibility index (Phi) is 4.94. The van der Waals surface area contributed by atoms with Gasteiger partial charge in [-0.25, -0.2) is 12.7 Å². The molecule has 2 aliphatic heterocycles. The van der Waals surface area contributed by atoms with E-state index >= 15 is 0 Å². The van der Waals surface area contributed by atoms with Crippen LogP contribution in [0.1, 0.15) is 30.9 Å². The first-order valence-corrected chi connectivity index (χ1v) is 10.0.